The largest absolute Gasteiger partial charge is 0.478 e. The molecule has 94 valence electrons. The molecule has 1 heterocycles. The molecule has 1 aromatic rings. The third-order valence-electron chi connectivity index (χ3n) is 2.49. The lowest BCUT2D eigenvalue weighted by Gasteiger charge is -2.18. The van der Waals surface area contributed by atoms with Crippen molar-refractivity contribution in [1.29, 1.82) is 0 Å². The van der Waals surface area contributed by atoms with Gasteiger partial charge in [0.2, 0.25) is 0 Å². The lowest BCUT2D eigenvalue weighted by atomic mass is 10.1. The zero-order valence-electron chi connectivity index (χ0n) is 10.4. The molecule has 0 saturated carbocycles. The fraction of sp³-hybridized carbons (Fsp3) is 0.500. The SMILES string of the molecule is CCC(CSC)Nc1cc(C)ncc1C(=O)O. The number of aromatic carboxylic acids is 1. The molecule has 1 atom stereocenters. The third kappa shape index (κ3) is 3.93. The van der Waals surface area contributed by atoms with E-state index in [0.29, 0.717) is 5.69 Å². The Kier molecular flexibility index (Phi) is 5.28. The molecule has 0 fully saturated rings. The Labute approximate surface area is 106 Å². The maximum Gasteiger partial charge on any atom is 0.339 e. The van der Waals surface area contributed by atoms with Crippen LogP contribution in [0.15, 0.2) is 12.3 Å². The van der Waals surface area contributed by atoms with E-state index in [4.69, 9.17) is 5.11 Å². The minimum absolute atomic E-state index is 0.232. The second kappa shape index (κ2) is 6.49. The van der Waals surface area contributed by atoms with Gasteiger partial charge < -0.3 is 10.4 Å². The van der Waals surface area contributed by atoms with Crippen LogP contribution in [0, 0.1) is 6.92 Å². The van der Waals surface area contributed by atoms with Crippen LogP contribution < -0.4 is 5.32 Å². The molecular weight excluding hydrogens is 236 g/mol. The zero-order valence-corrected chi connectivity index (χ0v) is 11.2. The van der Waals surface area contributed by atoms with Crippen molar-refractivity contribution < 1.29 is 9.90 Å². The predicted octanol–water partition coefficient (Wildman–Crippen LogP) is 2.64. The van der Waals surface area contributed by atoms with Crippen molar-refractivity contribution in [3.8, 4) is 0 Å². The average Bonchev–Trinajstić information content (AvgIpc) is 2.28. The smallest absolute Gasteiger partial charge is 0.339 e. The molecule has 0 aliphatic carbocycles. The summed E-state index contributed by atoms with van der Waals surface area (Å²) >= 11 is 1.75. The number of nitrogens with one attached hydrogen (secondary N) is 1. The van der Waals surface area contributed by atoms with Crippen molar-refractivity contribution in [3.63, 3.8) is 0 Å². The first-order valence-electron chi connectivity index (χ1n) is 5.53. The molecule has 1 aromatic heterocycles. The summed E-state index contributed by atoms with van der Waals surface area (Å²) in [6.45, 7) is 3.94. The molecule has 0 aliphatic heterocycles. The highest BCUT2D eigenvalue weighted by Gasteiger charge is 2.13. The number of carbonyl (C=O) groups is 1. The summed E-state index contributed by atoms with van der Waals surface area (Å²) in [6, 6.07) is 2.07. The number of aryl methyl sites for hydroxylation is 1. The molecule has 5 heteroatoms. The van der Waals surface area contributed by atoms with Crippen LogP contribution in [0.3, 0.4) is 0 Å². The van der Waals surface area contributed by atoms with E-state index in [9.17, 15) is 4.79 Å². The molecule has 1 unspecified atom stereocenters. The van der Waals surface area contributed by atoms with E-state index in [0.717, 1.165) is 17.9 Å². The molecule has 2 N–H and O–H groups in total. The highest BCUT2D eigenvalue weighted by Crippen LogP contribution is 2.18. The second-order valence-electron chi connectivity index (χ2n) is 3.88. The van der Waals surface area contributed by atoms with Gasteiger partial charge in [-0.15, -0.1) is 0 Å². The Balaban J connectivity index is 2.94. The number of thioether (sulfide) groups is 1. The fourth-order valence-corrected chi connectivity index (χ4v) is 2.25. The molecule has 4 nitrogen and oxygen atoms in total. The van der Waals surface area contributed by atoms with E-state index >= 15 is 0 Å². The van der Waals surface area contributed by atoms with Crippen molar-refractivity contribution in [2.75, 3.05) is 17.3 Å². The van der Waals surface area contributed by atoms with Crippen LogP contribution in [-0.2, 0) is 0 Å². The number of carboxylic acids is 1. The second-order valence-corrected chi connectivity index (χ2v) is 4.79. The maximum atomic E-state index is 11.1. The molecule has 17 heavy (non-hydrogen) atoms. The first-order chi connectivity index (χ1) is 8.08. The summed E-state index contributed by atoms with van der Waals surface area (Å²) in [4.78, 5) is 15.1. The van der Waals surface area contributed by atoms with Crippen LogP contribution in [0.4, 0.5) is 5.69 Å². The fourth-order valence-electron chi connectivity index (χ4n) is 1.53. The molecule has 0 aromatic carbocycles. The minimum atomic E-state index is -0.945. The van der Waals surface area contributed by atoms with Gasteiger partial charge in [-0.25, -0.2) is 4.79 Å². The van der Waals surface area contributed by atoms with E-state index in [1.54, 1.807) is 17.8 Å². The van der Waals surface area contributed by atoms with Crippen molar-refractivity contribution >= 4 is 23.4 Å². The van der Waals surface area contributed by atoms with Gasteiger partial charge in [-0.2, -0.15) is 11.8 Å². The van der Waals surface area contributed by atoms with Crippen molar-refractivity contribution in [2.24, 2.45) is 0 Å². The van der Waals surface area contributed by atoms with Gasteiger partial charge in [-0.05, 0) is 25.7 Å². The van der Waals surface area contributed by atoms with Gasteiger partial charge in [0.25, 0.3) is 0 Å². The molecule has 0 saturated heterocycles. The Morgan fingerprint density at radius 1 is 1.65 bits per heavy atom. The molecule has 1 rings (SSSR count). The number of rotatable bonds is 6. The Morgan fingerprint density at radius 3 is 2.88 bits per heavy atom. The molecule has 0 amide bonds. The number of nitrogens with zero attached hydrogens (tertiary/aromatic N) is 1. The molecular formula is C12H18N2O2S. The summed E-state index contributed by atoms with van der Waals surface area (Å²) in [7, 11) is 0. The maximum absolute atomic E-state index is 11.1. The van der Waals surface area contributed by atoms with Gasteiger partial charge in [-0.3, -0.25) is 4.98 Å². The average molecular weight is 254 g/mol. The summed E-state index contributed by atoms with van der Waals surface area (Å²) in [5.74, 6) is 0.00992. The normalized spacial score (nSPS) is 12.2. The van der Waals surface area contributed by atoms with Crippen LogP contribution >= 0.6 is 11.8 Å². The van der Waals surface area contributed by atoms with Crippen molar-refractivity contribution in [3.05, 3.63) is 23.5 Å². The van der Waals surface area contributed by atoms with E-state index in [1.165, 1.54) is 6.20 Å². The van der Waals surface area contributed by atoms with E-state index in [2.05, 4.69) is 17.2 Å². The van der Waals surface area contributed by atoms with Gasteiger partial charge in [0.1, 0.15) is 5.56 Å². The van der Waals surface area contributed by atoms with Gasteiger partial charge in [0.15, 0.2) is 0 Å². The predicted molar refractivity (Wildman–Crippen MR) is 72.0 cm³/mol. The quantitative estimate of drug-likeness (QED) is 0.817. The number of aromatic nitrogens is 1. The highest BCUT2D eigenvalue weighted by atomic mass is 32.2. The van der Waals surface area contributed by atoms with Crippen LogP contribution in [-0.4, -0.2) is 34.1 Å². The first kappa shape index (κ1) is 13.8. The van der Waals surface area contributed by atoms with Crippen LogP contribution in [0.25, 0.3) is 0 Å². The zero-order chi connectivity index (χ0) is 12.8. The number of anilines is 1. The third-order valence-corrected chi connectivity index (χ3v) is 3.23. The first-order valence-corrected chi connectivity index (χ1v) is 6.93. The van der Waals surface area contributed by atoms with Gasteiger partial charge in [-0.1, -0.05) is 6.92 Å². The number of pyridine rings is 1. The van der Waals surface area contributed by atoms with E-state index in [-0.39, 0.29) is 11.6 Å². The summed E-state index contributed by atoms with van der Waals surface area (Å²) in [5, 5.41) is 12.4. The lowest BCUT2D eigenvalue weighted by Crippen LogP contribution is -2.22. The van der Waals surface area contributed by atoms with Gasteiger partial charge >= 0.3 is 5.97 Å². The lowest BCUT2D eigenvalue weighted by molar-refractivity contribution is 0.0697. The highest BCUT2D eigenvalue weighted by molar-refractivity contribution is 7.98. The molecule has 0 radical (unpaired) electrons. The van der Waals surface area contributed by atoms with Gasteiger partial charge in [0, 0.05) is 23.7 Å². The number of carboxylic acid groups (broad SMARTS) is 1. The monoisotopic (exact) mass is 254 g/mol. The standard InChI is InChI=1S/C12H18N2O2S/c1-4-9(7-17-3)14-11-5-8(2)13-6-10(11)12(15)16/h5-6,9H,4,7H2,1-3H3,(H,13,14)(H,15,16). The molecule has 0 bridgehead atoms. The van der Waals surface area contributed by atoms with Crippen LogP contribution in [0.1, 0.15) is 29.4 Å². The van der Waals surface area contributed by atoms with Crippen molar-refractivity contribution in [2.45, 2.75) is 26.3 Å². The summed E-state index contributed by atoms with van der Waals surface area (Å²) in [6.07, 6.45) is 4.41. The summed E-state index contributed by atoms with van der Waals surface area (Å²) in [5.41, 5.74) is 1.71. The van der Waals surface area contributed by atoms with Crippen LogP contribution in [0.5, 0.6) is 0 Å². The number of hydrogen-bond donors (Lipinski definition) is 2. The Bertz CT molecular complexity index is 396. The molecule has 0 aliphatic rings. The van der Waals surface area contributed by atoms with Crippen LogP contribution in [0.2, 0.25) is 0 Å². The Hall–Kier alpha value is -1.23. The van der Waals surface area contributed by atoms with Gasteiger partial charge in [0.05, 0.1) is 5.69 Å². The van der Waals surface area contributed by atoms with E-state index in [1.807, 2.05) is 13.2 Å². The minimum Gasteiger partial charge on any atom is -0.478 e. The Morgan fingerprint density at radius 2 is 2.35 bits per heavy atom. The van der Waals surface area contributed by atoms with Crippen molar-refractivity contribution in [1.82, 2.24) is 4.98 Å². The van der Waals surface area contributed by atoms with E-state index < -0.39 is 5.97 Å². The summed E-state index contributed by atoms with van der Waals surface area (Å²) < 4.78 is 0. The number of hydrogen-bond acceptors (Lipinski definition) is 4. The topological polar surface area (TPSA) is 62.2 Å². The molecule has 0 spiro atoms.